The normalized spacial score (nSPS) is 21.6. The maximum atomic E-state index is 12.3. The molecule has 0 aliphatic heterocycles. The van der Waals surface area contributed by atoms with Crippen LogP contribution in [0.2, 0.25) is 0 Å². The molecule has 5 heteroatoms. The zero-order chi connectivity index (χ0) is 15.4. The van der Waals surface area contributed by atoms with Crippen molar-refractivity contribution < 1.29 is 14.7 Å². The fraction of sp³-hybridized carbons (Fsp3) is 0.500. The molecule has 2 unspecified atom stereocenters. The number of carbonyl (C=O) groups excluding carboxylic acids is 1. The van der Waals surface area contributed by atoms with E-state index in [-0.39, 0.29) is 18.0 Å². The first-order valence-electron chi connectivity index (χ1n) is 7.31. The lowest BCUT2D eigenvalue weighted by molar-refractivity contribution is -0.143. The van der Waals surface area contributed by atoms with Gasteiger partial charge in [0.15, 0.2) is 0 Å². The van der Waals surface area contributed by atoms with Crippen LogP contribution in [0.5, 0.6) is 0 Å². The summed E-state index contributed by atoms with van der Waals surface area (Å²) in [4.78, 5) is 24.9. The maximum Gasteiger partial charge on any atom is 0.321 e. The Bertz CT molecular complexity index is 530. The number of benzene rings is 1. The molecule has 21 heavy (non-hydrogen) atoms. The number of hydrogen-bond acceptors (Lipinski definition) is 2. The van der Waals surface area contributed by atoms with Crippen LogP contribution < -0.4 is 10.2 Å². The lowest BCUT2D eigenvalue weighted by Crippen LogP contribution is -2.45. The minimum absolute atomic E-state index is 0.0559. The molecular formula is C16H22N2O3. The minimum Gasteiger partial charge on any atom is -0.481 e. The summed E-state index contributed by atoms with van der Waals surface area (Å²) in [6, 6.07) is 7.48. The van der Waals surface area contributed by atoms with Gasteiger partial charge in [-0.25, -0.2) is 4.79 Å². The quantitative estimate of drug-likeness (QED) is 0.899. The van der Waals surface area contributed by atoms with Crippen molar-refractivity contribution >= 4 is 17.7 Å². The maximum absolute atomic E-state index is 12.3. The molecule has 0 saturated heterocycles. The number of nitrogens with zero attached hydrogens (tertiary/aromatic N) is 1. The molecule has 0 heterocycles. The molecule has 2 atom stereocenters. The number of carbonyl (C=O) groups is 2. The summed E-state index contributed by atoms with van der Waals surface area (Å²) < 4.78 is 0. The van der Waals surface area contributed by atoms with E-state index in [0.29, 0.717) is 12.8 Å². The average Bonchev–Trinajstić information content (AvgIpc) is 2.46. The van der Waals surface area contributed by atoms with Gasteiger partial charge in [-0.15, -0.1) is 0 Å². The van der Waals surface area contributed by atoms with Gasteiger partial charge >= 0.3 is 12.0 Å². The summed E-state index contributed by atoms with van der Waals surface area (Å²) in [6.45, 7) is 1.98. The summed E-state index contributed by atoms with van der Waals surface area (Å²) in [5, 5.41) is 12.0. The summed E-state index contributed by atoms with van der Waals surface area (Å²) in [6.07, 6.45) is 2.91. The second kappa shape index (κ2) is 6.61. The van der Waals surface area contributed by atoms with Crippen LogP contribution in [0, 0.1) is 12.8 Å². The van der Waals surface area contributed by atoms with Gasteiger partial charge in [0.25, 0.3) is 0 Å². The Balaban J connectivity index is 1.96. The van der Waals surface area contributed by atoms with Gasteiger partial charge in [0.05, 0.1) is 5.92 Å². The van der Waals surface area contributed by atoms with Crippen LogP contribution in [0.15, 0.2) is 24.3 Å². The Hall–Kier alpha value is -2.04. The highest BCUT2D eigenvalue weighted by Crippen LogP contribution is 2.25. The molecular weight excluding hydrogens is 268 g/mol. The van der Waals surface area contributed by atoms with Crippen molar-refractivity contribution in [2.45, 2.75) is 38.6 Å². The van der Waals surface area contributed by atoms with E-state index in [2.05, 4.69) is 5.32 Å². The Morgan fingerprint density at radius 3 is 2.76 bits per heavy atom. The van der Waals surface area contributed by atoms with Crippen molar-refractivity contribution in [2.24, 2.45) is 5.92 Å². The molecule has 1 fully saturated rings. The van der Waals surface area contributed by atoms with Crippen molar-refractivity contribution in [3.05, 3.63) is 29.8 Å². The molecule has 1 aliphatic rings. The average molecular weight is 290 g/mol. The zero-order valence-electron chi connectivity index (χ0n) is 12.5. The minimum atomic E-state index is -0.763. The molecule has 0 radical (unpaired) electrons. The molecule has 1 aromatic carbocycles. The van der Waals surface area contributed by atoms with E-state index >= 15 is 0 Å². The van der Waals surface area contributed by atoms with Gasteiger partial charge in [-0.2, -0.15) is 0 Å². The Labute approximate surface area is 125 Å². The van der Waals surface area contributed by atoms with Crippen molar-refractivity contribution in [2.75, 3.05) is 11.9 Å². The van der Waals surface area contributed by atoms with Crippen molar-refractivity contribution in [1.82, 2.24) is 5.32 Å². The van der Waals surface area contributed by atoms with Gasteiger partial charge in [0.2, 0.25) is 0 Å². The van der Waals surface area contributed by atoms with Gasteiger partial charge < -0.3 is 10.4 Å². The molecule has 1 saturated carbocycles. The monoisotopic (exact) mass is 290 g/mol. The molecule has 2 amide bonds. The van der Waals surface area contributed by atoms with Crippen LogP contribution in [0.25, 0.3) is 0 Å². The Morgan fingerprint density at radius 2 is 2.10 bits per heavy atom. The van der Waals surface area contributed by atoms with E-state index in [1.807, 2.05) is 31.2 Å². The molecule has 1 aliphatic carbocycles. The van der Waals surface area contributed by atoms with E-state index in [1.54, 1.807) is 11.9 Å². The largest absolute Gasteiger partial charge is 0.481 e. The van der Waals surface area contributed by atoms with Crippen molar-refractivity contribution in [3.63, 3.8) is 0 Å². The lowest BCUT2D eigenvalue weighted by atomic mass is 9.86. The number of aliphatic carboxylic acids is 1. The first-order chi connectivity index (χ1) is 9.97. The first kappa shape index (κ1) is 15.4. The van der Waals surface area contributed by atoms with E-state index in [1.165, 1.54) is 0 Å². The lowest BCUT2D eigenvalue weighted by Gasteiger charge is -2.29. The van der Waals surface area contributed by atoms with E-state index in [0.717, 1.165) is 24.1 Å². The number of amides is 2. The SMILES string of the molecule is Cc1cccc(N(C)C(=O)NC2CCCC(C(=O)O)C2)c1. The highest BCUT2D eigenvalue weighted by atomic mass is 16.4. The van der Waals surface area contributed by atoms with Gasteiger partial charge in [-0.3, -0.25) is 9.69 Å². The Kier molecular flexibility index (Phi) is 4.83. The molecule has 0 aromatic heterocycles. The molecule has 0 bridgehead atoms. The number of anilines is 1. The molecule has 2 N–H and O–H groups in total. The predicted octanol–water partition coefficient (Wildman–Crippen LogP) is 2.78. The van der Waals surface area contributed by atoms with E-state index in [9.17, 15) is 9.59 Å². The number of carboxylic acids is 1. The van der Waals surface area contributed by atoms with Gasteiger partial charge in [-0.05, 0) is 43.9 Å². The van der Waals surface area contributed by atoms with Crippen LogP contribution >= 0.6 is 0 Å². The second-order valence-electron chi connectivity index (χ2n) is 5.75. The third-order valence-corrected chi connectivity index (χ3v) is 4.04. The highest BCUT2D eigenvalue weighted by Gasteiger charge is 2.28. The highest BCUT2D eigenvalue weighted by molar-refractivity contribution is 5.91. The summed E-state index contributed by atoms with van der Waals surface area (Å²) in [7, 11) is 1.72. The van der Waals surface area contributed by atoms with E-state index < -0.39 is 5.97 Å². The van der Waals surface area contributed by atoms with Gasteiger partial charge in [0.1, 0.15) is 0 Å². The number of nitrogens with one attached hydrogen (secondary N) is 1. The molecule has 1 aromatic rings. The third-order valence-electron chi connectivity index (χ3n) is 4.04. The van der Waals surface area contributed by atoms with Crippen LogP contribution in [-0.2, 0) is 4.79 Å². The number of aryl methyl sites for hydroxylation is 1. The van der Waals surface area contributed by atoms with Gasteiger partial charge in [0, 0.05) is 18.8 Å². The van der Waals surface area contributed by atoms with Crippen LogP contribution in [0.1, 0.15) is 31.2 Å². The smallest absolute Gasteiger partial charge is 0.321 e. The Morgan fingerprint density at radius 1 is 1.33 bits per heavy atom. The standard InChI is InChI=1S/C16H22N2O3/c1-11-5-3-8-14(9-11)18(2)16(21)17-13-7-4-6-12(10-13)15(19)20/h3,5,8-9,12-13H,4,6-7,10H2,1-2H3,(H,17,21)(H,19,20). The van der Waals surface area contributed by atoms with Gasteiger partial charge in [-0.1, -0.05) is 18.6 Å². The molecule has 114 valence electrons. The topological polar surface area (TPSA) is 69.6 Å². The predicted molar refractivity (Wildman–Crippen MR) is 81.5 cm³/mol. The molecule has 2 rings (SSSR count). The van der Waals surface area contributed by atoms with E-state index in [4.69, 9.17) is 5.11 Å². The van der Waals surface area contributed by atoms with Crippen LogP contribution in [0.4, 0.5) is 10.5 Å². The molecule has 5 nitrogen and oxygen atoms in total. The number of carboxylic acid groups (broad SMARTS) is 1. The second-order valence-corrected chi connectivity index (χ2v) is 5.75. The van der Waals surface area contributed by atoms with Crippen LogP contribution in [0.3, 0.4) is 0 Å². The van der Waals surface area contributed by atoms with Crippen molar-refractivity contribution in [3.8, 4) is 0 Å². The summed E-state index contributed by atoms with van der Waals surface area (Å²) in [5.74, 6) is -1.10. The fourth-order valence-corrected chi connectivity index (χ4v) is 2.77. The number of hydrogen-bond donors (Lipinski definition) is 2. The first-order valence-corrected chi connectivity index (χ1v) is 7.31. The summed E-state index contributed by atoms with van der Waals surface area (Å²) >= 11 is 0. The summed E-state index contributed by atoms with van der Waals surface area (Å²) in [5.41, 5.74) is 1.92. The number of urea groups is 1. The zero-order valence-corrected chi connectivity index (χ0v) is 12.5. The fourth-order valence-electron chi connectivity index (χ4n) is 2.77. The third kappa shape index (κ3) is 3.97. The van der Waals surface area contributed by atoms with Crippen LogP contribution in [-0.4, -0.2) is 30.2 Å². The van der Waals surface area contributed by atoms with Crippen molar-refractivity contribution in [1.29, 1.82) is 0 Å². The molecule has 0 spiro atoms. The number of rotatable bonds is 3.